The number of hydrogen-bond donors (Lipinski definition) is 1. The van der Waals surface area contributed by atoms with Gasteiger partial charge in [-0.2, -0.15) is 4.31 Å². The van der Waals surface area contributed by atoms with Crippen LogP contribution >= 0.6 is 0 Å². The molecule has 0 saturated carbocycles. The van der Waals surface area contributed by atoms with E-state index in [0.29, 0.717) is 44.9 Å². The summed E-state index contributed by atoms with van der Waals surface area (Å²) >= 11 is 0. The van der Waals surface area contributed by atoms with Crippen molar-refractivity contribution in [3.8, 4) is 0 Å². The number of piperazine rings is 1. The van der Waals surface area contributed by atoms with Gasteiger partial charge in [-0.15, -0.1) is 0 Å². The molecule has 1 aromatic rings. The lowest BCUT2D eigenvalue weighted by molar-refractivity contribution is 0.0540. The number of ether oxygens (including phenoxy) is 1. The van der Waals surface area contributed by atoms with Crippen LogP contribution in [0.3, 0.4) is 0 Å². The van der Waals surface area contributed by atoms with E-state index < -0.39 is 10.0 Å². The van der Waals surface area contributed by atoms with E-state index in [1.54, 1.807) is 11.0 Å². The van der Waals surface area contributed by atoms with Crippen LogP contribution in [0.15, 0.2) is 24.3 Å². The number of aryl methyl sites for hydroxylation is 1. The molecule has 2 saturated heterocycles. The van der Waals surface area contributed by atoms with Crippen molar-refractivity contribution >= 4 is 15.9 Å². The van der Waals surface area contributed by atoms with Crippen LogP contribution < -0.4 is 5.32 Å². The molecule has 2 aliphatic heterocycles. The van der Waals surface area contributed by atoms with E-state index in [2.05, 4.69) is 5.32 Å². The highest BCUT2D eigenvalue weighted by molar-refractivity contribution is 7.89. The number of carbonyl (C=O) groups is 1. The number of hydrogen-bond acceptors (Lipinski definition) is 5. The molecular weight excluding hydrogens is 366 g/mol. The van der Waals surface area contributed by atoms with Crippen molar-refractivity contribution in [3.05, 3.63) is 35.4 Å². The Kier molecular flexibility index (Phi) is 6.86. The lowest BCUT2D eigenvalue weighted by Crippen LogP contribution is -2.49. The molecule has 2 fully saturated rings. The summed E-state index contributed by atoms with van der Waals surface area (Å²) in [6.07, 6.45) is 1.87. The van der Waals surface area contributed by atoms with Crippen LogP contribution in [0.4, 0.5) is 0 Å². The van der Waals surface area contributed by atoms with Crippen molar-refractivity contribution < 1.29 is 17.9 Å². The van der Waals surface area contributed by atoms with Crippen LogP contribution in [0.1, 0.15) is 28.8 Å². The summed E-state index contributed by atoms with van der Waals surface area (Å²) in [6, 6.07) is 7.42. The molecule has 0 spiro atoms. The number of sulfonamides is 1. The average Bonchev–Trinajstić information content (AvgIpc) is 3.18. The van der Waals surface area contributed by atoms with Crippen LogP contribution in [0.25, 0.3) is 0 Å². The van der Waals surface area contributed by atoms with E-state index >= 15 is 0 Å². The molecule has 7 nitrogen and oxygen atoms in total. The Bertz CT molecular complexity index is 741. The largest absolute Gasteiger partial charge is 0.376 e. The first-order valence-electron chi connectivity index (χ1n) is 9.62. The van der Waals surface area contributed by atoms with Gasteiger partial charge in [0.25, 0.3) is 5.91 Å². The molecule has 2 aliphatic rings. The molecular formula is C19H29N3O4S. The standard InChI is InChI=1S/C19H29N3O4S/c1-16-4-2-5-17(14-16)19(23)21(15-18-6-3-12-26-18)11-13-27(24,25)22-9-7-20-8-10-22/h2,4-5,14,18,20H,3,6-13,15H2,1H3. The highest BCUT2D eigenvalue weighted by atomic mass is 32.2. The van der Waals surface area contributed by atoms with Gasteiger partial charge in [-0.25, -0.2) is 8.42 Å². The second-order valence-electron chi connectivity index (χ2n) is 7.22. The van der Waals surface area contributed by atoms with Crippen LogP contribution in [-0.4, -0.2) is 81.3 Å². The Morgan fingerprint density at radius 2 is 2.11 bits per heavy atom. The van der Waals surface area contributed by atoms with Crippen molar-refractivity contribution in [2.45, 2.75) is 25.9 Å². The lowest BCUT2D eigenvalue weighted by Gasteiger charge is -2.29. The Balaban J connectivity index is 1.70. The summed E-state index contributed by atoms with van der Waals surface area (Å²) in [4.78, 5) is 14.7. The molecule has 1 unspecified atom stereocenters. The second kappa shape index (κ2) is 9.14. The summed E-state index contributed by atoms with van der Waals surface area (Å²) in [7, 11) is -3.38. The third-order valence-electron chi connectivity index (χ3n) is 5.09. The zero-order valence-electron chi connectivity index (χ0n) is 15.9. The van der Waals surface area contributed by atoms with Gasteiger partial charge in [-0.05, 0) is 31.9 Å². The van der Waals surface area contributed by atoms with Crippen LogP contribution in [0, 0.1) is 6.92 Å². The fourth-order valence-corrected chi connectivity index (χ4v) is 5.00. The summed E-state index contributed by atoms with van der Waals surface area (Å²) in [5.41, 5.74) is 1.60. The van der Waals surface area contributed by atoms with Crippen molar-refractivity contribution in [1.82, 2.24) is 14.5 Å². The second-order valence-corrected chi connectivity index (χ2v) is 9.31. The van der Waals surface area contributed by atoms with Crippen LogP contribution in [-0.2, 0) is 14.8 Å². The first-order valence-corrected chi connectivity index (χ1v) is 11.2. The van der Waals surface area contributed by atoms with Gasteiger partial charge in [0.1, 0.15) is 0 Å². The quantitative estimate of drug-likeness (QED) is 0.741. The predicted octanol–water partition coefficient (Wildman–Crippen LogP) is 0.851. The molecule has 1 atom stereocenters. The highest BCUT2D eigenvalue weighted by Gasteiger charge is 2.28. The van der Waals surface area contributed by atoms with Gasteiger partial charge in [-0.1, -0.05) is 17.7 Å². The summed E-state index contributed by atoms with van der Waals surface area (Å²) < 4.78 is 32.5. The summed E-state index contributed by atoms with van der Waals surface area (Å²) in [5.74, 6) is -0.193. The van der Waals surface area contributed by atoms with E-state index in [1.807, 2.05) is 25.1 Å². The zero-order chi connectivity index (χ0) is 19.3. The summed E-state index contributed by atoms with van der Waals surface area (Å²) in [6.45, 7) is 5.57. The zero-order valence-corrected chi connectivity index (χ0v) is 16.7. The Morgan fingerprint density at radius 3 is 2.78 bits per heavy atom. The normalized spacial score (nSPS) is 21.3. The molecule has 0 bridgehead atoms. The average molecular weight is 396 g/mol. The van der Waals surface area contributed by atoms with Gasteiger partial charge in [-0.3, -0.25) is 4.79 Å². The molecule has 2 heterocycles. The molecule has 1 N–H and O–H groups in total. The maximum atomic E-state index is 13.0. The molecule has 0 aliphatic carbocycles. The van der Waals surface area contributed by atoms with Crippen molar-refractivity contribution in [3.63, 3.8) is 0 Å². The third-order valence-corrected chi connectivity index (χ3v) is 6.94. The molecule has 1 amide bonds. The monoisotopic (exact) mass is 395 g/mol. The fourth-order valence-electron chi connectivity index (χ4n) is 3.55. The first-order chi connectivity index (χ1) is 13.0. The van der Waals surface area contributed by atoms with E-state index in [0.717, 1.165) is 18.4 Å². The summed E-state index contributed by atoms with van der Waals surface area (Å²) in [5, 5.41) is 3.16. The number of nitrogens with zero attached hydrogens (tertiary/aromatic N) is 2. The van der Waals surface area contributed by atoms with Crippen molar-refractivity contribution in [2.75, 3.05) is 51.6 Å². The number of nitrogens with one attached hydrogen (secondary N) is 1. The van der Waals surface area contributed by atoms with E-state index in [9.17, 15) is 13.2 Å². The van der Waals surface area contributed by atoms with Gasteiger partial charge in [0.15, 0.2) is 0 Å². The minimum Gasteiger partial charge on any atom is -0.376 e. The van der Waals surface area contributed by atoms with Crippen LogP contribution in [0.5, 0.6) is 0 Å². The molecule has 0 aromatic heterocycles. The topological polar surface area (TPSA) is 79.0 Å². The van der Waals surface area contributed by atoms with Gasteiger partial charge >= 0.3 is 0 Å². The van der Waals surface area contributed by atoms with Crippen LogP contribution in [0.2, 0.25) is 0 Å². The van der Waals surface area contributed by atoms with E-state index in [-0.39, 0.29) is 24.3 Å². The van der Waals surface area contributed by atoms with Gasteiger partial charge in [0, 0.05) is 51.4 Å². The third kappa shape index (κ3) is 5.51. The number of benzene rings is 1. The number of rotatable bonds is 7. The number of amides is 1. The minimum atomic E-state index is -3.38. The molecule has 150 valence electrons. The molecule has 0 radical (unpaired) electrons. The Hall–Kier alpha value is -1.48. The maximum absolute atomic E-state index is 13.0. The molecule has 3 rings (SSSR count). The fraction of sp³-hybridized carbons (Fsp3) is 0.632. The Labute approximate surface area is 161 Å². The van der Waals surface area contributed by atoms with Crippen molar-refractivity contribution in [2.24, 2.45) is 0 Å². The molecule has 1 aromatic carbocycles. The smallest absolute Gasteiger partial charge is 0.253 e. The van der Waals surface area contributed by atoms with E-state index in [1.165, 1.54) is 4.31 Å². The lowest BCUT2D eigenvalue weighted by atomic mass is 10.1. The first kappa shape index (κ1) is 20.3. The van der Waals surface area contributed by atoms with Gasteiger partial charge < -0.3 is 15.0 Å². The van der Waals surface area contributed by atoms with E-state index in [4.69, 9.17) is 4.74 Å². The maximum Gasteiger partial charge on any atom is 0.253 e. The number of carbonyl (C=O) groups excluding carboxylic acids is 1. The molecule has 27 heavy (non-hydrogen) atoms. The predicted molar refractivity (Wildman–Crippen MR) is 104 cm³/mol. The minimum absolute atomic E-state index is 0.0133. The van der Waals surface area contributed by atoms with Gasteiger partial charge in [0.2, 0.25) is 10.0 Å². The highest BCUT2D eigenvalue weighted by Crippen LogP contribution is 2.16. The van der Waals surface area contributed by atoms with Gasteiger partial charge in [0.05, 0.1) is 11.9 Å². The molecule has 8 heteroatoms. The SMILES string of the molecule is Cc1cccc(C(=O)N(CCS(=O)(=O)N2CCNCC2)CC2CCCO2)c1. The Morgan fingerprint density at radius 1 is 1.33 bits per heavy atom. The van der Waals surface area contributed by atoms with Crippen molar-refractivity contribution in [1.29, 1.82) is 0 Å².